The average molecular weight is 334 g/mol. The molecule has 1 heterocycles. The van der Waals surface area contributed by atoms with E-state index in [1.165, 1.54) is 0 Å². The average Bonchev–Trinajstić information content (AvgIpc) is 2.69. The molecule has 0 saturated carbocycles. The molecule has 0 aliphatic carbocycles. The van der Waals surface area contributed by atoms with Gasteiger partial charge in [0.05, 0.1) is 12.1 Å². The maximum absolute atomic E-state index is 6.23. The van der Waals surface area contributed by atoms with Gasteiger partial charge in [0, 0.05) is 22.6 Å². The first kappa shape index (κ1) is 14.1. The van der Waals surface area contributed by atoms with E-state index in [4.69, 9.17) is 22.1 Å². The summed E-state index contributed by atoms with van der Waals surface area (Å²) in [5.41, 5.74) is 6.91. The summed E-state index contributed by atoms with van der Waals surface area (Å²) in [6, 6.07) is 4.27. The van der Waals surface area contributed by atoms with Crippen molar-refractivity contribution in [2.75, 3.05) is 27.2 Å². The van der Waals surface area contributed by atoms with Crippen LogP contribution in [0.1, 0.15) is 18.0 Å². The highest BCUT2D eigenvalue weighted by atomic mass is 79.9. The molecule has 5 heteroatoms. The van der Waals surface area contributed by atoms with E-state index in [0.29, 0.717) is 17.0 Å². The fourth-order valence-electron chi connectivity index (χ4n) is 2.68. The van der Waals surface area contributed by atoms with Crippen LogP contribution in [0.4, 0.5) is 0 Å². The smallest absolute Gasteiger partial charge is 0.142 e. The molecule has 18 heavy (non-hydrogen) atoms. The van der Waals surface area contributed by atoms with Crippen LogP contribution in [0.25, 0.3) is 0 Å². The maximum Gasteiger partial charge on any atom is 0.142 e. The molecule has 1 aliphatic rings. The van der Waals surface area contributed by atoms with Crippen molar-refractivity contribution in [3.05, 3.63) is 27.2 Å². The van der Waals surface area contributed by atoms with Crippen LogP contribution in [0.3, 0.4) is 0 Å². The maximum atomic E-state index is 6.23. The minimum absolute atomic E-state index is 0.323. The van der Waals surface area contributed by atoms with Crippen molar-refractivity contribution in [2.24, 2.45) is 11.7 Å². The fourth-order valence-corrected chi connectivity index (χ4v) is 3.59. The van der Waals surface area contributed by atoms with Crippen molar-refractivity contribution < 1.29 is 4.74 Å². The Morgan fingerprint density at radius 1 is 1.56 bits per heavy atom. The zero-order valence-corrected chi connectivity index (χ0v) is 13.0. The van der Waals surface area contributed by atoms with E-state index in [0.717, 1.165) is 35.3 Å². The molecular formula is C13H18BrClN2O. The van der Waals surface area contributed by atoms with Gasteiger partial charge in [-0.3, -0.25) is 4.90 Å². The largest absolute Gasteiger partial charge is 0.495 e. The van der Waals surface area contributed by atoms with Gasteiger partial charge in [-0.1, -0.05) is 27.5 Å². The molecule has 100 valence electrons. The lowest BCUT2D eigenvalue weighted by atomic mass is 9.99. The van der Waals surface area contributed by atoms with Crippen LogP contribution < -0.4 is 10.5 Å². The molecule has 0 radical (unpaired) electrons. The van der Waals surface area contributed by atoms with E-state index in [9.17, 15) is 0 Å². The standard InChI is InChI=1S/C13H18BrClN2O/c1-17-7-8(6-16)3-12(17)10-4-9(14)5-11(15)13(10)18-2/h4-5,8,12H,3,6-7,16H2,1-2H3. The first-order valence-electron chi connectivity index (χ1n) is 6.00. The molecule has 2 rings (SSSR count). The molecule has 0 amide bonds. The number of hydrogen-bond acceptors (Lipinski definition) is 3. The summed E-state index contributed by atoms with van der Waals surface area (Å²) >= 11 is 9.73. The van der Waals surface area contributed by atoms with E-state index in [1.54, 1.807) is 7.11 Å². The minimum atomic E-state index is 0.323. The Morgan fingerprint density at radius 3 is 2.83 bits per heavy atom. The van der Waals surface area contributed by atoms with Crippen LogP contribution in [0.5, 0.6) is 5.75 Å². The summed E-state index contributed by atoms with van der Waals surface area (Å²) < 4.78 is 6.43. The third-order valence-electron chi connectivity index (χ3n) is 3.57. The normalized spacial score (nSPS) is 24.5. The number of nitrogens with zero attached hydrogens (tertiary/aromatic N) is 1. The minimum Gasteiger partial charge on any atom is -0.495 e. The van der Waals surface area contributed by atoms with Crippen molar-refractivity contribution in [1.82, 2.24) is 4.90 Å². The van der Waals surface area contributed by atoms with Gasteiger partial charge in [0.15, 0.2) is 0 Å². The van der Waals surface area contributed by atoms with E-state index in [2.05, 4.69) is 33.9 Å². The van der Waals surface area contributed by atoms with Crippen molar-refractivity contribution in [3.8, 4) is 5.75 Å². The van der Waals surface area contributed by atoms with Gasteiger partial charge in [0.25, 0.3) is 0 Å². The highest BCUT2D eigenvalue weighted by Gasteiger charge is 2.32. The quantitative estimate of drug-likeness (QED) is 0.924. The zero-order valence-electron chi connectivity index (χ0n) is 10.6. The second-order valence-electron chi connectivity index (χ2n) is 4.80. The third kappa shape index (κ3) is 2.67. The number of benzene rings is 1. The molecule has 0 bridgehead atoms. The number of methoxy groups -OCH3 is 1. The van der Waals surface area contributed by atoms with Gasteiger partial charge in [-0.2, -0.15) is 0 Å². The van der Waals surface area contributed by atoms with E-state index in [-0.39, 0.29) is 0 Å². The SMILES string of the molecule is COc1c(Cl)cc(Br)cc1C1CC(CN)CN1C. The Morgan fingerprint density at radius 2 is 2.28 bits per heavy atom. The zero-order chi connectivity index (χ0) is 13.3. The van der Waals surface area contributed by atoms with Gasteiger partial charge in [-0.25, -0.2) is 0 Å². The molecule has 2 unspecified atom stereocenters. The lowest BCUT2D eigenvalue weighted by molar-refractivity contribution is 0.303. The monoisotopic (exact) mass is 332 g/mol. The van der Waals surface area contributed by atoms with Crippen molar-refractivity contribution in [1.29, 1.82) is 0 Å². The van der Waals surface area contributed by atoms with Crippen LogP contribution in [0.2, 0.25) is 5.02 Å². The molecule has 1 aromatic rings. The molecular weight excluding hydrogens is 316 g/mol. The van der Waals surface area contributed by atoms with Crippen LogP contribution in [-0.2, 0) is 0 Å². The van der Waals surface area contributed by atoms with Gasteiger partial charge in [-0.05, 0) is 38.1 Å². The lowest BCUT2D eigenvalue weighted by Gasteiger charge is -2.22. The molecule has 1 saturated heterocycles. The molecule has 0 aromatic heterocycles. The first-order valence-corrected chi connectivity index (χ1v) is 7.17. The summed E-state index contributed by atoms with van der Waals surface area (Å²) in [5.74, 6) is 1.32. The van der Waals surface area contributed by atoms with E-state index < -0.39 is 0 Å². The molecule has 0 spiro atoms. The fraction of sp³-hybridized carbons (Fsp3) is 0.538. The Hall–Kier alpha value is -0.290. The molecule has 2 N–H and O–H groups in total. The van der Waals surface area contributed by atoms with Crippen LogP contribution >= 0.6 is 27.5 Å². The predicted molar refractivity (Wildman–Crippen MR) is 78.2 cm³/mol. The number of ether oxygens (including phenoxy) is 1. The number of halogens is 2. The van der Waals surface area contributed by atoms with Crippen LogP contribution in [0, 0.1) is 5.92 Å². The van der Waals surface area contributed by atoms with Crippen LogP contribution in [-0.4, -0.2) is 32.1 Å². The molecule has 1 fully saturated rings. The molecule has 3 nitrogen and oxygen atoms in total. The Labute approximate surface area is 121 Å². The molecule has 2 atom stereocenters. The molecule has 1 aliphatic heterocycles. The summed E-state index contributed by atoms with van der Waals surface area (Å²) in [7, 11) is 3.78. The Bertz CT molecular complexity index is 441. The summed E-state index contributed by atoms with van der Waals surface area (Å²) in [6.45, 7) is 1.75. The molecule has 1 aromatic carbocycles. The Kier molecular flexibility index (Phi) is 4.54. The van der Waals surface area contributed by atoms with Gasteiger partial charge in [0.2, 0.25) is 0 Å². The third-order valence-corrected chi connectivity index (χ3v) is 4.31. The van der Waals surface area contributed by atoms with Gasteiger partial charge in [0.1, 0.15) is 5.75 Å². The Balaban J connectivity index is 2.38. The van der Waals surface area contributed by atoms with Crippen molar-refractivity contribution in [3.63, 3.8) is 0 Å². The van der Waals surface area contributed by atoms with Crippen molar-refractivity contribution in [2.45, 2.75) is 12.5 Å². The highest BCUT2D eigenvalue weighted by Crippen LogP contribution is 2.42. The van der Waals surface area contributed by atoms with Gasteiger partial charge in [-0.15, -0.1) is 0 Å². The van der Waals surface area contributed by atoms with Crippen molar-refractivity contribution >= 4 is 27.5 Å². The predicted octanol–water partition coefficient (Wildman–Crippen LogP) is 3.06. The van der Waals surface area contributed by atoms with Gasteiger partial charge >= 0.3 is 0 Å². The number of rotatable bonds is 3. The van der Waals surface area contributed by atoms with E-state index >= 15 is 0 Å². The van der Waals surface area contributed by atoms with Gasteiger partial charge < -0.3 is 10.5 Å². The second kappa shape index (κ2) is 5.78. The second-order valence-corrected chi connectivity index (χ2v) is 6.13. The topological polar surface area (TPSA) is 38.5 Å². The number of hydrogen-bond donors (Lipinski definition) is 1. The van der Waals surface area contributed by atoms with E-state index in [1.807, 2.05) is 6.07 Å². The lowest BCUT2D eigenvalue weighted by Crippen LogP contribution is -2.20. The highest BCUT2D eigenvalue weighted by molar-refractivity contribution is 9.10. The number of nitrogens with two attached hydrogens (primary N) is 1. The summed E-state index contributed by atoms with van der Waals surface area (Å²) in [4.78, 5) is 2.32. The number of likely N-dealkylation sites (tertiary alicyclic amines) is 1. The van der Waals surface area contributed by atoms with Crippen LogP contribution in [0.15, 0.2) is 16.6 Å². The first-order chi connectivity index (χ1) is 8.56. The summed E-state index contributed by atoms with van der Waals surface area (Å²) in [6.07, 6.45) is 1.05. The summed E-state index contributed by atoms with van der Waals surface area (Å²) in [5, 5.41) is 0.645.